The molecule has 0 aliphatic carbocycles. The quantitative estimate of drug-likeness (QED) is 0.553. The van der Waals surface area contributed by atoms with Crippen LogP contribution < -0.4 is 0 Å². The molecule has 0 radical (unpaired) electrons. The highest BCUT2D eigenvalue weighted by molar-refractivity contribution is 5.78. The van der Waals surface area contributed by atoms with Crippen LogP contribution in [-0.4, -0.2) is 19.0 Å². The highest BCUT2D eigenvalue weighted by Crippen LogP contribution is 1.95. The van der Waals surface area contributed by atoms with E-state index in [1.165, 1.54) is 0 Å². The smallest absolute Gasteiger partial charge is 0.134 e. The molecule has 0 spiro atoms. The Hall–Kier alpha value is -0.370. The minimum atomic E-state index is 0.286. The van der Waals surface area contributed by atoms with Gasteiger partial charge >= 0.3 is 0 Å². The van der Waals surface area contributed by atoms with Gasteiger partial charge in [0, 0.05) is 19.4 Å². The number of ether oxygens (including phenoxy) is 1. The first-order valence-corrected chi connectivity index (χ1v) is 4.26. The SMILES string of the molecule is CCC(=O)CCOCC(C)C. The van der Waals surface area contributed by atoms with Crippen molar-refractivity contribution in [3.05, 3.63) is 0 Å². The Bertz CT molecular complexity index is 108. The van der Waals surface area contributed by atoms with Crippen molar-refractivity contribution in [2.24, 2.45) is 5.92 Å². The average Bonchev–Trinajstić information content (AvgIpc) is 1.97. The molecule has 0 aromatic carbocycles. The van der Waals surface area contributed by atoms with Crippen molar-refractivity contribution in [2.75, 3.05) is 13.2 Å². The Morgan fingerprint density at radius 3 is 2.55 bits per heavy atom. The zero-order valence-electron chi connectivity index (χ0n) is 7.72. The van der Waals surface area contributed by atoms with Crippen LogP contribution in [0.1, 0.15) is 33.6 Å². The summed E-state index contributed by atoms with van der Waals surface area (Å²) in [6.45, 7) is 7.43. The van der Waals surface area contributed by atoms with E-state index in [-0.39, 0.29) is 5.78 Å². The molecule has 2 nitrogen and oxygen atoms in total. The summed E-state index contributed by atoms with van der Waals surface area (Å²) in [5.41, 5.74) is 0. The number of Topliss-reactive ketones (excluding diaryl/α,β-unsaturated/α-hetero) is 1. The van der Waals surface area contributed by atoms with Gasteiger partial charge in [-0.1, -0.05) is 20.8 Å². The van der Waals surface area contributed by atoms with Crippen molar-refractivity contribution in [3.63, 3.8) is 0 Å². The molecule has 0 fully saturated rings. The van der Waals surface area contributed by atoms with E-state index in [0.29, 0.717) is 25.4 Å². The van der Waals surface area contributed by atoms with E-state index in [4.69, 9.17) is 4.74 Å². The number of ketones is 1. The van der Waals surface area contributed by atoms with Gasteiger partial charge in [0.05, 0.1) is 6.61 Å². The van der Waals surface area contributed by atoms with Gasteiger partial charge in [-0.15, -0.1) is 0 Å². The predicted octanol–water partition coefficient (Wildman–Crippen LogP) is 2.03. The van der Waals surface area contributed by atoms with E-state index in [1.807, 2.05) is 6.92 Å². The minimum absolute atomic E-state index is 0.286. The molecule has 0 N–H and O–H groups in total. The first-order valence-electron chi connectivity index (χ1n) is 4.26. The maximum atomic E-state index is 10.8. The number of carbonyl (C=O) groups is 1. The van der Waals surface area contributed by atoms with Gasteiger partial charge in [-0.2, -0.15) is 0 Å². The highest BCUT2D eigenvalue weighted by atomic mass is 16.5. The first kappa shape index (κ1) is 10.6. The van der Waals surface area contributed by atoms with Crippen LogP contribution in [0.25, 0.3) is 0 Å². The van der Waals surface area contributed by atoms with Crippen LogP contribution >= 0.6 is 0 Å². The van der Waals surface area contributed by atoms with Gasteiger partial charge in [0.1, 0.15) is 5.78 Å². The lowest BCUT2D eigenvalue weighted by molar-refractivity contribution is -0.119. The van der Waals surface area contributed by atoms with Crippen LogP contribution in [0.2, 0.25) is 0 Å². The monoisotopic (exact) mass is 158 g/mol. The third kappa shape index (κ3) is 7.53. The van der Waals surface area contributed by atoms with Crippen molar-refractivity contribution in [3.8, 4) is 0 Å². The second-order valence-electron chi connectivity index (χ2n) is 3.11. The molecule has 0 aliphatic rings. The maximum absolute atomic E-state index is 10.8. The van der Waals surface area contributed by atoms with Gasteiger partial charge < -0.3 is 4.74 Å². The van der Waals surface area contributed by atoms with Gasteiger partial charge in [-0.25, -0.2) is 0 Å². The number of carbonyl (C=O) groups excluding carboxylic acids is 1. The Kier molecular flexibility index (Phi) is 6.13. The summed E-state index contributed by atoms with van der Waals surface area (Å²) in [7, 11) is 0. The summed E-state index contributed by atoms with van der Waals surface area (Å²) in [6, 6.07) is 0. The normalized spacial score (nSPS) is 10.5. The second-order valence-corrected chi connectivity index (χ2v) is 3.11. The Balaban J connectivity index is 3.08. The number of hydrogen-bond acceptors (Lipinski definition) is 2. The Morgan fingerprint density at radius 1 is 1.45 bits per heavy atom. The molecule has 0 aliphatic heterocycles. The van der Waals surface area contributed by atoms with Crippen LogP contribution in [0, 0.1) is 5.92 Å². The minimum Gasteiger partial charge on any atom is -0.381 e. The van der Waals surface area contributed by atoms with Crippen molar-refractivity contribution >= 4 is 5.78 Å². The van der Waals surface area contributed by atoms with E-state index in [2.05, 4.69) is 13.8 Å². The van der Waals surface area contributed by atoms with Crippen LogP contribution in [0.5, 0.6) is 0 Å². The van der Waals surface area contributed by atoms with Crippen LogP contribution in [0.15, 0.2) is 0 Å². The summed E-state index contributed by atoms with van der Waals surface area (Å²) < 4.78 is 5.25. The molecule has 0 saturated carbocycles. The molecule has 2 heteroatoms. The average molecular weight is 158 g/mol. The third-order valence-electron chi connectivity index (χ3n) is 1.37. The summed E-state index contributed by atoms with van der Waals surface area (Å²) >= 11 is 0. The predicted molar refractivity (Wildman–Crippen MR) is 45.6 cm³/mol. The van der Waals surface area contributed by atoms with Gasteiger partial charge in [-0.3, -0.25) is 4.79 Å². The Labute approximate surface area is 68.9 Å². The second kappa shape index (κ2) is 6.35. The fraction of sp³-hybridized carbons (Fsp3) is 0.889. The van der Waals surface area contributed by atoms with Gasteiger partial charge in [-0.05, 0) is 5.92 Å². The van der Waals surface area contributed by atoms with E-state index >= 15 is 0 Å². The molecule has 0 heterocycles. The molecule has 0 aromatic rings. The first-order chi connectivity index (χ1) is 5.16. The van der Waals surface area contributed by atoms with Gasteiger partial charge in [0.15, 0.2) is 0 Å². The van der Waals surface area contributed by atoms with Crippen LogP contribution in [0.3, 0.4) is 0 Å². The molecule has 0 bridgehead atoms. The molecule has 11 heavy (non-hydrogen) atoms. The molecular formula is C9H18O2. The van der Waals surface area contributed by atoms with Gasteiger partial charge in [0.25, 0.3) is 0 Å². The fourth-order valence-corrected chi connectivity index (χ4v) is 0.682. The molecule has 0 saturated heterocycles. The lowest BCUT2D eigenvalue weighted by Crippen LogP contribution is -2.06. The van der Waals surface area contributed by atoms with Crippen molar-refractivity contribution < 1.29 is 9.53 Å². The van der Waals surface area contributed by atoms with Gasteiger partial charge in [0.2, 0.25) is 0 Å². The summed E-state index contributed by atoms with van der Waals surface area (Å²) in [6.07, 6.45) is 1.20. The zero-order valence-corrected chi connectivity index (χ0v) is 7.72. The summed E-state index contributed by atoms with van der Waals surface area (Å²) in [4.78, 5) is 10.8. The molecule has 0 amide bonds. The molecule has 0 unspecified atom stereocenters. The molecule has 0 rings (SSSR count). The summed E-state index contributed by atoms with van der Waals surface area (Å²) in [5.74, 6) is 0.848. The molecule has 66 valence electrons. The topological polar surface area (TPSA) is 26.3 Å². The number of hydrogen-bond donors (Lipinski definition) is 0. The largest absolute Gasteiger partial charge is 0.381 e. The lowest BCUT2D eigenvalue weighted by atomic mass is 10.2. The van der Waals surface area contributed by atoms with Crippen molar-refractivity contribution in [1.82, 2.24) is 0 Å². The van der Waals surface area contributed by atoms with E-state index < -0.39 is 0 Å². The highest BCUT2D eigenvalue weighted by Gasteiger charge is 1.98. The maximum Gasteiger partial charge on any atom is 0.134 e. The standard InChI is InChI=1S/C9H18O2/c1-4-9(10)5-6-11-7-8(2)3/h8H,4-7H2,1-3H3. The fourth-order valence-electron chi connectivity index (χ4n) is 0.682. The van der Waals surface area contributed by atoms with Crippen LogP contribution in [-0.2, 0) is 9.53 Å². The summed E-state index contributed by atoms with van der Waals surface area (Å²) in [5, 5.41) is 0. The lowest BCUT2D eigenvalue weighted by Gasteiger charge is -2.04. The third-order valence-corrected chi connectivity index (χ3v) is 1.37. The van der Waals surface area contributed by atoms with Crippen LogP contribution in [0.4, 0.5) is 0 Å². The zero-order chi connectivity index (χ0) is 8.69. The molecular weight excluding hydrogens is 140 g/mol. The van der Waals surface area contributed by atoms with E-state index in [9.17, 15) is 4.79 Å². The van der Waals surface area contributed by atoms with E-state index in [1.54, 1.807) is 0 Å². The Morgan fingerprint density at radius 2 is 2.09 bits per heavy atom. The van der Waals surface area contributed by atoms with Crippen molar-refractivity contribution in [2.45, 2.75) is 33.6 Å². The number of rotatable bonds is 6. The molecule has 0 atom stereocenters. The molecule has 0 aromatic heterocycles. The van der Waals surface area contributed by atoms with Crippen molar-refractivity contribution in [1.29, 1.82) is 0 Å². The van der Waals surface area contributed by atoms with E-state index in [0.717, 1.165) is 6.61 Å².